The molecule has 25 heavy (non-hydrogen) atoms. The van der Waals surface area contributed by atoms with E-state index >= 15 is 0 Å². The van der Waals surface area contributed by atoms with E-state index in [2.05, 4.69) is 24.3 Å². The van der Waals surface area contributed by atoms with Crippen molar-refractivity contribution in [2.24, 2.45) is 0 Å². The molecule has 126 valence electrons. The van der Waals surface area contributed by atoms with Gasteiger partial charge in [-0.1, -0.05) is 0 Å². The standard InChI is InChI=1S/C8H8OS2.2C6H5.ClH.Sn/c10-8(11)9-6-7-4-2-1-3-5-7;2*1-2-4-6-5-3-1;;/h1-5H,6H2,(H,10,11);2*1-5H;1H;/q;;;;+2/p-2. The molecule has 0 aliphatic heterocycles. The van der Waals surface area contributed by atoms with E-state index in [0.717, 1.165) is 5.56 Å². The zero-order chi connectivity index (χ0) is 17.5. The van der Waals surface area contributed by atoms with Gasteiger partial charge >= 0.3 is 165 Å². The van der Waals surface area contributed by atoms with Gasteiger partial charge in [0.05, 0.1) is 0 Å². The molecule has 0 N–H and O–H groups in total. The molecule has 3 aromatic carbocycles. The predicted molar refractivity (Wildman–Crippen MR) is 115 cm³/mol. The average Bonchev–Trinajstić information content (AvgIpc) is 2.68. The van der Waals surface area contributed by atoms with E-state index < -0.39 is 15.9 Å². The minimum absolute atomic E-state index is 0.467. The molecule has 1 nitrogen and oxygen atoms in total. The number of rotatable bonds is 5. The van der Waals surface area contributed by atoms with Crippen molar-refractivity contribution >= 4 is 57.5 Å². The summed E-state index contributed by atoms with van der Waals surface area (Å²) >= 11 is 2.03. The number of thiocarbonyl (C=S) groups is 1. The quantitative estimate of drug-likeness (QED) is 0.378. The summed E-state index contributed by atoms with van der Waals surface area (Å²) in [5, 5.41) is 0. The summed E-state index contributed by atoms with van der Waals surface area (Å²) < 4.78 is 8.71. The van der Waals surface area contributed by atoms with Crippen LogP contribution in [-0.4, -0.2) is 20.3 Å². The third-order valence-corrected chi connectivity index (χ3v) is 23.7. The Bertz CT molecular complexity index is 773. The summed E-state index contributed by atoms with van der Waals surface area (Å²) in [6.45, 7) is 0.467. The molecule has 0 fully saturated rings. The van der Waals surface area contributed by atoms with Gasteiger partial charge in [0.1, 0.15) is 0 Å². The Balaban J connectivity index is 1.80. The van der Waals surface area contributed by atoms with Crippen LogP contribution in [0.4, 0.5) is 0 Å². The van der Waals surface area contributed by atoms with Crippen LogP contribution >= 0.6 is 30.1 Å². The van der Waals surface area contributed by atoms with Crippen LogP contribution in [0.25, 0.3) is 0 Å². The first kappa shape index (κ1) is 18.8. The summed E-state index contributed by atoms with van der Waals surface area (Å²) in [7, 11) is 8.83. The Labute approximate surface area is 164 Å². The van der Waals surface area contributed by atoms with Crippen LogP contribution in [0.2, 0.25) is 0 Å². The van der Waals surface area contributed by atoms with Gasteiger partial charge in [-0.2, -0.15) is 0 Å². The van der Waals surface area contributed by atoms with Crippen LogP contribution in [0.5, 0.6) is 0 Å². The Morgan fingerprint density at radius 3 is 1.72 bits per heavy atom. The van der Waals surface area contributed by atoms with Gasteiger partial charge in [-0.3, -0.25) is 0 Å². The van der Waals surface area contributed by atoms with Crippen molar-refractivity contribution in [1.29, 1.82) is 0 Å². The fourth-order valence-corrected chi connectivity index (χ4v) is 20.4. The van der Waals surface area contributed by atoms with Crippen LogP contribution in [0.15, 0.2) is 91.0 Å². The van der Waals surface area contributed by atoms with Crippen molar-refractivity contribution in [2.75, 3.05) is 0 Å². The molecule has 0 unspecified atom stereocenters. The Kier molecular flexibility index (Phi) is 6.82. The molecular formula is C20H17ClOS2Sn. The molecule has 5 heteroatoms. The van der Waals surface area contributed by atoms with E-state index in [-0.39, 0.29) is 0 Å². The molecule has 0 saturated heterocycles. The first-order valence-electron chi connectivity index (χ1n) is 7.88. The molecule has 0 aliphatic carbocycles. The Morgan fingerprint density at radius 1 is 0.800 bits per heavy atom. The van der Waals surface area contributed by atoms with Gasteiger partial charge in [0.25, 0.3) is 0 Å². The Morgan fingerprint density at radius 2 is 1.24 bits per heavy atom. The minimum atomic E-state index is -3.48. The molecule has 3 aromatic rings. The molecular weight excluding hydrogens is 475 g/mol. The third-order valence-electron chi connectivity index (χ3n) is 3.71. The number of ether oxygens (including phenoxy) is 1. The number of hydrogen-bond donors (Lipinski definition) is 0. The van der Waals surface area contributed by atoms with Crippen LogP contribution in [0.1, 0.15) is 5.56 Å². The zero-order valence-corrected chi connectivity index (χ0v) is 18.7. The van der Waals surface area contributed by atoms with Crippen molar-refractivity contribution in [3.05, 3.63) is 96.6 Å². The first-order valence-corrected chi connectivity index (χ1v) is 19.1. The first-order chi connectivity index (χ1) is 12.2. The van der Waals surface area contributed by atoms with E-state index in [9.17, 15) is 0 Å². The number of hydrogen-bond acceptors (Lipinski definition) is 3. The summed E-state index contributed by atoms with van der Waals surface area (Å²) in [4.78, 5) is 0. The molecule has 3 rings (SSSR count). The summed E-state index contributed by atoms with van der Waals surface area (Å²) in [6.07, 6.45) is 0. The number of halogens is 1. The zero-order valence-electron chi connectivity index (χ0n) is 13.5. The molecule has 0 amide bonds. The molecule has 0 saturated carbocycles. The third kappa shape index (κ3) is 5.00. The molecule has 0 bridgehead atoms. The predicted octanol–water partition coefficient (Wildman–Crippen LogP) is 4.72. The van der Waals surface area contributed by atoms with Crippen LogP contribution in [0.3, 0.4) is 0 Å². The maximum absolute atomic E-state index is 7.27. The van der Waals surface area contributed by atoms with Gasteiger partial charge in [-0.05, 0) is 0 Å². The fraction of sp³-hybridized carbons (Fsp3) is 0.0500. The molecule has 0 aliphatic rings. The van der Waals surface area contributed by atoms with Crippen molar-refractivity contribution in [1.82, 2.24) is 0 Å². The van der Waals surface area contributed by atoms with Crippen LogP contribution < -0.4 is 7.16 Å². The average molecular weight is 492 g/mol. The van der Waals surface area contributed by atoms with Gasteiger partial charge in [-0.25, -0.2) is 0 Å². The molecule has 0 heterocycles. The second-order valence-corrected chi connectivity index (χ2v) is 24.5. The van der Waals surface area contributed by atoms with Crippen molar-refractivity contribution < 1.29 is 4.74 Å². The van der Waals surface area contributed by atoms with Crippen molar-refractivity contribution in [3.8, 4) is 0 Å². The normalized spacial score (nSPS) is 11.1. The fourth-order valence-electron chi connectivity index (χ4n) is 2.45. The van der Waals surface area contributed by atoms with Crippen molar-refractivity contribution in [2.45, 2.75) is 6.61 Å². The van der Waals surface area contributed by atoms with E-state index in [1.54, 1.807) is 8.95 Å². The monoisotopic (exact) mass is 492 g/mol. The number of benzene rings is 3. The molecule has 0 spiro atoms. The van der Waals surface area contributed by atoms with E-state index in [1.165, 1.54) is 7.16 Å². The van der Waals surface area contributed by atoms with Crippen molar-refractivity contribution in [3.63, 3.8) is 0 Å². The van der Waals surface area contributed by atoms with E-state index in [4.69, 9.17) is 25.9 Å². The second kappa shape index (κ2) is 9.08. The van der Waals surface area contributed by atoms with Gasteiger partial charge in [0.2, 0.25) is 0 Å². The van der Waals surface area contributed by atoms with Crippen LogP contribution in [0, 0.1) is 0 Å². The second-order valence-electron chi connectivity index (χ2n) is 5.45. The van der Waals surface area contributed by atoms with Gasteiger partial charge in [-0.15, -0.1) is 0 Å². The van der Waals surface area contributed by atoms with E-state index in [0.29, 0.717) is 11.0 Å². The molecule has 0 atom stereocenters. The van der Waals surface area contributed by atoms with Gasteiger partial charge < -0.3 is 0 Å². The topological polar surface area (TPSA) is 9.23 Å². The molecule has 0 radical (unpaired) electrons. The van der Waals surface area contributed by atoms with E-state index in [1.807, 2.05) is 66.7 Å². The SMILES string of the molecule is S=C(OCc1ccccc1)[S][Sn]([Cl])([c]1ccccc1)[c]1ccccc1. The van der Waals surface area contributed by atoms with Gasteiger partial charge in [0, 0.05) is 0 Å². The van der Waals surface area contributed by atoms with Gasteiger partial charge in [0.15, 0.2) is 0 Å². The molecule has 0 aromatic heterocycles. The summed E-state index contributed by atoms with van der Waals surface area (Å²) in [6, 6.07) is 30.6. The Hall–Kier alpha value is -1.01. The summed E-state index contributed by atoms with van der Waals surface area (Å²) in [5.74, 6) is 0. The maximum atomic E-state index is 7.27. The summed E-state index contributed by atoms with van der Waals surface area (Å²) in [5.41, 5.74) is 1.10. The van der Waals surface area contributed by atoms with Crippen LogP contribution in [-0.2, 0) is 11.3 Å².